The van der Waals surface area contributed by atoms with E-state index in [0.29, 0.717) is 5.56 Å². The first-order chi connectivity index (χ1) is 5.22. The highest BCUT2D eigenvalue weighted by Crippen LogP contribution is 2.04. The predicted octanol–water partition coefficient (Wildman–Crippen LogP) is 1.58. The lowest BCUT2D eigenvalue weighted by Gasteiger charge is -2.00. The number of thiol groups is 1. The molecule has 11 heavy (non-hydrogen) atoms. The summed E-state index contributed by atoms with van der Waals surface area (Å²) in [5.41, 5.74) is 0.620. The molecule has 0 N–H and O–H groups in total. The van der Waals surface area contributed by atoms with Gasteiger partial charge in [-0.2, -0.15) is 12.6 Å². The van der Waals surface area contributed by atoms with Crippen molar-refractivity contribution in [2.45, 2.75) is 12.2 Å². The molecule has 0 aliphatic rings. The number of rotatable bonds is 2. The highest BCUT2D eigenvalue weighted by atomic mass is 32.1. The maximum Gasteiger partial charge on any atom is 0.176 e. The van der Waals surface area contributed by atoms with Crippen molar-refractivity contribution in [3.05, 3.63) is 30.1 Å². The molecule has 0 aliphatic heterocycles. The van der Waals surface area contributed by atoms with Gasteiger partial charge in [-0.1, -0.05) is 0 Å². The number of aromatic nitrogens is 1. The lowest BCUT2D eigenvalue weighted by atomic mass is 10.1. The van der Waals surface area contributed by atoms with Gasteiger partial charge < -0.3 is 0 Å². The quantitative estimate of drug-likeness (QED) is 0.535. The van der Waals surface area contributed by atoms with Crippen LogP contribution in [0.2, 0.25) is 0 Å². The maximum absolute atomic E-state index is 11.2. The van der Waals surface area contributed by atoms with Gasteiger partial charge in [0, 0.05) is 18.0 Å². The second-order valence-corrected chi connectivity index (χ2v) is 3.06. The predicted molar refractivity (Wildman–Crippen MR) is 47.0 cm³/mol. The molecular formula is C8H9NOS. The van der Waals surface area contributed by atoms with E-state index >= 15 is 0 Å². The number of carbonyl (C=O) groups is 1. The molecule has 0 amide bonds. The van der Waals surface area contributed by atoms with Crippen molar-refractivity contribution in [1.29, 1.82) is 0 Å². The SMILES string of the molecule is CC(S)C(=O)c1cccnc1. The fourth-order valence-electron chi connectivity index (χ4n) is 0.750. The summed E-state index contributed by atoms with van der Waals surface area (Å²) in [6, 6.07) is 3.48. The molecule has 0 bridgehead atoms. The minimum Gasteiger partial charge on any atom is -0.293 e. The molecule has 0 fully saturated rings. The summed E-state index contributed by atoms with van der Waals surface area (Å²) in [6.07, 6.45) is 3.19. The van der Waals surface area contributed by atoms with Crippen LogP contribution >= 0.6 is 12.6 Å². The number of hydrogen-bond donors (Lipinski definition) is 1. The van der Waals surface area contributed by atoms with E-state index in [4.69, 9.17) is 0 Å². The standard InChI is InChI=1S/C8H9NOS/c1-6(11)8(10)7-3-2-4-9-5-7/h2-6,11H,1H3. The van der Waals surface area contributed by atoms with E-state index in [1.165, 1.54) is 0 Å². The average molecular weight is 167 g/mol. The maximum atomic E-state index is 11.2. The molecule has 1 aromatic heterocycles. The van der Waals surface area contributed by atoms with Crippen LogP contribution in [0.25, 0.3) is 0 Å². The molecule has 3 heteroatoms. The Balaban J connectivity index is 2.86. The van der Waals surface area contributed by atoms with Gasteiger partial charge in [0.2, 0.25) is 0 Å². The van der Waals surface area contributed by atoms with Crippen LogP contribution in [-0.2, 0) is 0 Å². The van der Waals surface area contributed by atoms with Gasteiger partial charge in [-0.3, -0.25) is 9.78 Å². The molecule has 58 valence electrons. The summed E-state index contributed by atoms with van der Waals surface area (Å²) in [5.74, 6) is 0.0152. The number of hydrogen-bond acceptors (Lipinski definition) is 3. The van der Waals surface area contributed by atoms with E-state index < -0.39 is 0 Å². The van der Waals surface area contributed by atoms with E-state index in [9.17, 15) is 4.79 Å². The third kappa shape index (κ3) is 2.05. The molecule has 1 rings (SSSR count). The van der Waals surface area contributed by atoms with Gasteiger partial charge in [0.15, 0.2) is 5.78 Å². The van der Waals surface area contributed by atoms with E-state index in [1.807, 2.05) is 0 Å². The van der Waals surface area contributed by atoms with Crippen LogP contribution in [0.4, 0.5) is 0 Å². The van der Waals surface area contributed by atoms with Crippen LogP contribution in [-0.4, -0.2) is 16.0 Å². The summed E-state index contributed by atoms with van der Waals surface area (Å²) in [7, 11) is 0. The van der Waals surface area contributed by atoms with Gasteiger partial charge >= 0.3 is 0 Å². The minimum atomic E-state index is -0.251. The van der Waals surface area contributed by atoms with Crippen LogP contribution in [0.1, 0.15) is 17.3 Å². The topological polar surface area (TPSA) is 30.0 Å². The zero-order chi connectivity index (χ0) is 8.27. The average Bonchev–Trinajstić information content (AvgIpc) is 2.05. The summed E-state index contributed by atoms with van der Waals surface area (Å²) in [6.45, 7) is 1.75. The summed E-state index contributed by atoms with van der Waals surface area (Å²) >= 11 is 4.03. The van der Waals surface area contributed by atoms with Crippen molar-refractivity contribution in [2.75, 3.05) is 0 Å². The number of pyridine rings is 1. The van der Waals surface area contributed by atoms with Crippen molar-refractivity contribution in [3.63, 3.8) is 0 Å². The zero-order valence-electron chi connectivity index (χ0n) is 6.19. The van der Waals surface area contributed by atoms with Gasteiger partial charge in [-0.15, -0.1) is 0 Å². The fraction of sp³-hybridized carbons (Fsp3) is 0.250. The monoisotopic (exact) mass is 167 g/mol. The first-order valence-corrected chi connectivity index (χ1v) is 3.86. The normalized spacial score (nSPS) is 12.5. The molecule has 0 saturated heterocycles. The Labute approximate surface area is 71.1 Å². The second kappa shape index (κ2) is 3.53. The Hall–Kier alpha value is -0.830. The van der Waals surface area contributed by atoms with Crippen molar-refractivity contribution < 1.29 is 4.79 Å². The molecule has 1 atom stereocenters. The Kier molecular flexibility index (Phi) is 2.65. The van der Waals surface area contributed by atoms with E-state index in [2.05, 4.69) is 17.6 Å². The molecule has 2 nitrogen and oxygen atoms in total. The van der Waals surface area contributed by atoms with Crippen LogP contribution in [0.5, 0.6) is 0 Å². The first-order valence-electron chi connectivity index (χ1n) is 3.34. The summed E-state index contributed by atoms with van der Waals surface area (Å²) in [5, 5.41) is -0.251. The number of ketones is 1. The molecule has 1 heterocycles. The second-order valence-electron chi connectivity index (χ2n) is 2.28. The molecule has 0 radical (unpaired) electrons. The highest BCUT2D eigenvalue weighted by Gasteiger charge is 2.09. The lowest BCUT2D eigenvalue weighted by Crippen LogP contribution is -2.10. The van der Waals surface area contributed by atoms with Crippen LogP contribution in [0, 0.1) is 0 Å². The molecule has 1 aromatic rings. The number of carbonyl (C=O) groups excluding carboxylic acids is 1. The first kappa shape index (κ1) is 8.27. The largest absolute Gasteiger partial charge is 0.293 e. The highest BCUT2D eigenvalue weighted by molar-refractivity contribution is 7.81. The Morgan fingerprint density at radius 1 is 1.73 bits per heavy atom. The van der Waals surface area contributed by atoms with Gasteiger partial charge in [0.25, 0.3) is 0 Å². The van der Waals surface area contributed by atoms with Crippen LogP contribution in [0.15, 0.2) is 24.5 Å². The van der Waals surface area contributed by atoms with Gasteiger partial charge in [0.05, 0.1) is 5.25 Å². The smallest absolute Gasteiger partial charge is 0.176 e. The van der Waals surface area contributed by atoms with Gasteiger partial charge in [-0.25, -0.2) is 0 Å². The number of Topliss-reactive ketones (excluding diaryl/α,β-unsaturated/α-hetero) is 1. The molecule has 1 unspecified atom stereocenters. The van der Waals surface area contributed by atoms with E-state index in [1.54, 1.807) is 31.5 Å². The summed E-state index contributed by atoms with van der Waals surface area (Å²) in [4.78, 5) is 15.1. The fourth-order valence-corrected chi connectivity index (χ4v) is 0.899. The van der Waals surface area contributed by atoms with E-state index in [-0.39, 0.29) is 11.0 Å². The van der Waals surface area contributed by atoms with Crippen molar-refractivity contribution in [2.24, 2.45) is 0 Å². The number of nitrogens with zero attached hydrogens (tertiary/aromatic N) is 1. The van der Waals surface area contributed by atoms with E-state index in [0.717, 1.165) is 0 Å². The van der Waals surface area contributed by atoms with Crippen LogP contribution < -0.4 is 0 Å². The molecule has 0 saturated carbocycles. The molecular weight excluding hydrogens is 158 g/mol. The Bertz CT molecular complexity index is 246. The minimum absolute atomic E-state index is 0.0152. The van der Waals surface area contributed by atoms with Crippen molar-refractivity contribution in [3.8, 4) is 0 Å². The molecule has 0 spiro atoms. The Morgan fingerprint density at radius 3 is 2.91 bits per heavy atom. The van der Waals surface area contributed by atoms with Gasteiger partial charge in [-0.05, 0) is 19.1 Å². The lowest BCUT2D eigenvalue weighted by molar-refractivity contribution is 0.0994. The Morgan fingerprint density at radius 2 is 2.45 bits per heavy atom. The van der Waals surface area contributed by atoms with Gasteiger partial charge in [0.1, 0.15) is 0 Å². The van der Waals surface area contributed by atoms with Crippen LogP contribution in [0.3, 0.4) is 0 Å². The third-order valence-electron chi connectivity index (χ3n) is 1.33. The molecule has 0 aliphatic carbocycles. The summed E-state index contributed by atoms with van der Waals surface area (Å²) < 4.78 is 0. The molecule has 0 aromatic carbocycles. The zero-order valence-corrected chi connectivity index (χ0v) is 7.08. The third-order valence-corrected chi connectivity index (χ3v) is 1.56. The van der Waals surface area contributed by atoms with Crippen molar-refractivity contribution >= 4 is 18.4 Å². The van der Waals surface area contributed by atoms with Crippen molar-refractivity contribution in [1.82, 2.24) is 4.98 Å².